The Labute approximate surface area is 114 Å². The van der Waals surface area contributed by atoms with E-state index >= 15 is 0 Å². The number of rotatable bonds is 5. The maximum Gasteiger partial charge on any atom is 0.127 e. The molecule has 0 atom stereocenters. The summed E-state index contributed by atoms with van der Waals surface area (Å²) in [5.41, 5.74) is 2.38. The predicted octanol–water partition coefficient (Wildman–Crippen LogP) is 2.77. The van der Waals surface area contributed by atoms with Gasteiger partial charge >= 0.3 is 0 Å². The van der Waals surface area contributed by atoms with E-state index in [0.717, 1.165) is 23.8 Å². The molecule has 0 radical (unpaired) electrons. The van der Waals surface area contributed by atoms with Crippen LogP contribution >= 0.6 is 0 Å². The summed E-state index contributed by atoms with van der Waals surface area (Å²) in [6.07, 6.45) is 1.81. The predicted molar refractivity (Wildman–Crippen MR) is 78.9 cm³/mol. The Morgan fingerprint density at radius 2 is 1.95 bits per heavy atom. The van der Waals surface area contributed by atoms with E-state index in [9.17, 15) is 0 Å². The molecule has 4 nitrogen and oxygen atoms in total. The molecule has 0 amide bonds. The minimum absolute atomic E-state index is 0.844. The van der Waals surface area contributed by atoms with Gasteiger partial charge in [-0.3, -0.25) is 0 Å². The second-order valence-electron chi connectivity index (χ2n) is 4.35. The molecule has 0 aliphatic rings. The second kappa shape index (κ2) is 6.09. The van der Waals surface area contributed by atoms with Gasteiger partial charge < -0.3 is 15.0 Å². The van der Waals surface area contributed by atoms with Crippen LogP contribution in [0.15, 0.2) is 42.6 Å². The first-order valence-electron chi connectivity index (χ1n) is 6.21. The molecule has 4 heteroatoms. The van der Waals surface area contributed by atoms with Gasteiger partial charge in [-0.25, -0.2) is 4.98 Å². The number of nitrogens with zero attached hydrogens (tertiary/aromatic N) is 2. The van der Waals surface area contributed by atoms with Crippen molar-refractivity contribution in [2.45, 2.75) is 6.54 Å². The zero-order valence-electron chi connectivity index (χ0n) is 11.6. The number of methoxy groups -OCH3 is 1. The standard InChI is InChI=1S/C15H19N3O/c1-16-15-10-13(8-9-17-15)18(2)11-12-4-6-14(19-3)7-5-12/h4-10H,11H2,1-3H3,(H,16,17). The number of anilines is 2. The third-order valence-corrected chi connectivity index (χ3v) is 3.02. The number of hydrogen-bond donors (Lipinski definition) is 1. The molecular weight excluding hydrogens is 238 g/mol. The van der Waals surface area contributed by atoms with Gasteiger partial charge in [0.2, 0.25) is 0 Å². The lowest BCUT2D eigenvalue weighted by molar-refractivity contribution is 0.414. The van der Waals surface area contributed by atoms with Crippen LogP contribution in [0.2, 0.25) is 0 Å². The summed E-state index contributed by atoms with van der Waals surface area (Å²) in [5.74, 6) is 1.76. The highest BCUT2D eigenvalue weighted by Crippen LogP contribution is 2.19. The van der Waals surface area contributed by atoms with Crippen LogP contribution in [0.25, 0.3) is 0 Å². The lowest BCUT2D eigenvalue weighted by Crippen LogP contribution is -2.16. The molecule has 1 aromatic carbocycles. The van der Waals surface area contributed by atoms with Crippen molar-refractivity contribution in [3.63, 3.8) is 0 Å². The average molecular weight is 257 g/mol. The minimum Gasteiger partial charge on any atom is -0.497 e. The largest absolute Gasteiger partial charge is 0.497 e. The van der Waals surface area contributed by atoms with Crippen LogP contribution in [0.3, 0.4) is 0 Å². The smallest absolute Gasteiger partial charge is 0.127 e. The Balaban J connectivity index is 2.08. The summed E-state index contributed by atoms with van der Waals surface area (Å²) in [7, 11) is 5.62. The van der Waals surface area contributed by atoms with Crippen LogP contribution in [0.4, 0.5) is 11.5 Å². The normalized spacial score (nSPS) is 10.1. The third-order valence-electron chi connectivity index (χ3n) is 3.02. The SMILES string of the molecule is CNc1cc(N(C)Cc2ccc(OC)cc2)ccn1. The fraction of sp³-hybridized carbons (Fsp3) is 0.267. The molecule has 0 saturated heterocycles. The highest BCUT2D eigenvalue weighted by atomic mass is 16.5. The Morgan fingerprint density at radius 1 is 1.21 bits per heavy atom. The lowest BCUT2D eigenvalue weighted by atomic mass is 10.2. The van der Waals surface area contributed by atoms with Gasteiger partial charge in [0, 0.05) is 38.6 Å². The fourth-order valence-electron chi connectivity index (χ4n) is 1.89. The third kappa shape index (κ3) is 3.37. The van der Waals surface area contributed by atoms with Crippen molar-refractivity contribution in [2.75, 3.05) is 31.4 Å². The van der Waals surface area contributed by atoms with Crippen LogP contribution in [-0.2, 0) is 6.54 Å². The van der Waals surface area contributed by atoms with Crippen LogP contribution in [0, 0.1) is 0 Å². The van der Waals surface area contributed by atoms with Gasteiger partial charge in [-0.1, -0.05) is 12.1 Å². The van der Waals surface area contributed by atoms with Crippen LogP contribution in [-0.4, -0.2) is 26.2 Å². The molecule has 0 fully saturated rings. The van der Waals surface area contributed by atoms with Gasteiger partial charge in [0.15, 0.2) is 0 Å². The molecule has 0 unspecified atom stereocenters. The Hall–Kier alpha value is -2.23. The summed E-state index contributed by atoms with van der Waals surface area (Å²) in [5, 5.41) is 3.05. The van der Waals surface area contributed by atoms with Gasteiger partial charge in [0.1, 0.15) is 11.6 Å². The molecule has 0 aliphatic carbocycles. The molecule has 0 bridgehead atoms. The van der Waals surface area contributed by atoms with Crippen molar-refractivity contribution < 1.29 is 4.74 Å². The number of benzene rings is 1. The monoisotopic (exact) mass is 257 g/mol. The average Bonchev–Trinajstić information content (AvgIpc) is 2.48. The van der Waals surface area contributed by atoms with E-state index in [-0.39, 0.29) is 0 Å². The summed E-state index contributed by atoms with van der Waals surface area (Å²) in [4.78, 5) is 6.40. The van der Waals surface area contributed by atoms with Crippen molar-refractivity contribution in [1.29, 1.82) is 0 Å². The first-order chi connectivity index (χ1) is 9.22. The molecule has 0 saturated carbocycles. The zero-order valence-corrected chi connectivity index (χ0v) is 11.6. The van der Waals surface area contributed by atoms with Gasteiger partial charge in [0.25, 0.3) is 0 Å². The number of aromatic nitrogens is 1. The van der Waals surface area contributed by atoms with E-state index in [4.69, 9.17) is 4.74 Å². The summed E-state index contributed by atoms with van der Waals surface area (Å²) in [6, 6.07) is 12.2. The van der Waals surface area contributed by atoms with E-state index in [1.807, 2.05) is 37.5 Å². The topological polar surface area (TPSA) is 37.4 Å². The lowest BCUT2D eigenvalue weighted by Gasteiger charge is -2.20. The molecule has 19 heavy (non-hydrogen) atoms. The minimum atomic E-state index is 0.844. The van der Waals surface area contributed by atoms with Gasteiger partial charge in [-0.2, -0.15) is 0 Å². The van der Waals surface area contributed by atoms with Gasteiger partial charge in [0.05, 0.1) is 7.11 Å². The number of nitrogens with one attached hydrogen (secondary N) is 1. The van der Waals surface area contributed by atoms with Gasteiger partial charge in [-0.15, -0.1) is 0 Å². The molecule has 0 spiro atoms. The Morgan fingerprint density at radius 3 is 2.58 bits per heavy atom. The Kier molecular flexibility index (Phi) is 4.23. The molecule has 0 aliphatic heterocycles. The summed E-state index contributed by atoms with van der Waals surface area (Å²) in [6.45, 7) is 0.844. The van der Waals surface area contributed by atoms with Crippen molar-refractivity contribution in [1.82, 2.24) is 4.98 Å². The van der Waals surface area contributed by atoms with E-state index in [1.165, 1.54) is 5.56 Å². The molecule has 2 rings (SSSR count). The van der Waals surface area contributed by atoms with E-state index in [0.29, 0.717) is 0 Å². The number of pyridine rings is 1. The second-order valence-corrected chi connectivity index (χ2v) is 4.35. The molecule has 1 aromatic heterocycles. The first kappa shape index (κ1) is 13.2. The molecule has 1 N–H and O–H groups in total. The van der Waals surface area contributed by atoms with Crippen molar-refractivity contribution in [2.24, 2.45) is 0 Å². The van der Waals surface area contributed by atoms with Crippen LogP contribution in [0.1, 0.15) is 5.56 Å². The van der Waals surface area contributed by atoms with Crippen LogP contribution < -0.4 is 15.0 Å². The highest BCUT2D eigenvalue weighted by Gasteiger charge is 2.03. The van der Waals surface area contributed by atoms with E-state index in [1.54, 1.807) is 7.11 Å². The molecular formula is C15H19N3O. The molecule has 2 aromatic rings. The maximum absolute atomic E-state index is 5.16. The molecule has 1 heterocycles. The van der Waals surface area contributed by atoms with Crippen molar-refractivity contribution >= 4 is 11.5 Å². The van der Waals surface area contributed by atoms with Crippen molar-refractivity contribution in [3.05, 3.63) is 48.2 Å². The quantitative estimate of drug-likeness (QED) is 0.893. The number of ether oxygens (including phenoxy) is 1. The Bertz CT molecular complexity index is 525. The molecule has 100 valence electrons. The van der Waals surface area contributed by atoms with Crippen LogP contribution in [0.5, 0.6) is 5.75 Å². The first-order valence-corrected chi connectivity index (χ1v) is 6.21. The van der Waals surface area contributed by atoms with Crippen molar-refractivity contribution in [3.8, 4) is 5.75 Å². The summed E-state index contributed by atoms with van der Waals surface area (Å²) < 4.78 is 5.16. The number of hydrogen-bond acceptors (Lipinski definition) is 4. The van der Waals surface area contributed by atoms with E-state index in [2.05, 4.69) is 34.4 Å². The van der Waals surface area contributed by atoms with E-state index < -0.39 is 0 Å². The maximum atomic E-state index is 5.16. The zero-order chi connectivity index (χ0) is 13.7. The summed E-state index contributed by atoms with van der Waals surface area (Å²) >= 11 is 0. The highest BCUT2D eigenvalue weighted by molar-refractivity contribution is 5.53. The van der Waals surface area contributed by atoms with Gasteiger partial charge in [-0.05, 0) is 23.8 Å². The fourth-order valence-corrected chi connectivity index (χ4v) is 1.89.